The Kier molecular flexibility index (Phi) is 4.25. The van der Waals surface area contributed by atoms with Crippen molar-refractivity contribution in [3.8, 4) is 0 Å². The number of halogens is 3. The Hall–Kier alpha value is -2.09. The molecule has 1 N–H and O–H groups in total. The molecule has 1 aromatic carbocycles. The molecule has 2 aromatic rings. The molecule has 0 spiro atoms. The molecule has 1 aromatic heterocycles. The number of furan rings is 1. The molecule has 0 radical (unpaired) electrons. The van der Waals surface area contributed by atoms with E-state index in [2.05, 4.69) is 5.32 Å². The van der Waals surface area contributed by atoms with Crippen LogP contribution in [0.25, 0.3) is 0 Å². The number of amides is 2. The molecule has 1 atom stereocenters. The fraction of sp³-hybridized carbons (Fsp3) is 0.267. The average molecular weight is 342 g/mol. The van der Waals surface area contributed by atoms with Gasteiger partial charge in [0.15, 0.2) is 0 Å². The lowest BCUT2D eigenvalue weighted by Gasteiger charge is -2.22. The monoisotopic (exact) mass is 342 g/mol. The van der Waals surface area contributed by atoms with Crippen molar-refractivity contribution in [1.29, 1.82) is 0 Å². The Labute approximate surface area is 134 Å². The van der Waals surface area contributed by atoms with E-state index < -0.39 is 17.8 Å². The molecule has 2 amide bonds. The van der Waals surface area contributed by atoms with Gasteiger partial charge in [-0.3, -0.25) is 0 Å². The molecular formula is C15H13F3N2O2S. The van der Waals surface area contributed by atoms with Crippen LogP contribution in [-0.4, -0.2) is 23.2 Å². The van der Waals surface area contributed by atoms with Gasteiger partial charge in [-0.1, -0.05) is 6.07 Å². The predicted octanol–water partition coefficient (Wildman–Crippen LogP) is 4.58. The van der Waals surface area contributed by atoms with Gasteiger partial charge in [-0.15, -0.1) is 11.8 Å². The summed E-state index contributed by atoms with van der Waals surface area (Å²) in [5.74, 6) is 1.38. The topological polar surface area (TPSA) is 45.5 Å². The molecule has 0 aliphatic carbocycles. The van der Waals surface area contributed by atoms with Gasteiger partial charge in [0.05, 0.1) is 11.8 Å². The minimum atomic E-state index is -4.44. The Bertz CT molecular complexity index is 688. The summed E-state index contributed by atoms with van der Waals surface area (Å²) in [5, 5.41) is 2.25. The minimum absolute atomic E-state index is 0.111. The number of alkyl halides is 3. The van der Waals surface area contributed by atoms with Crippen molar-refractivity contribution < 1.29 is 22.4 Å². The maximum absolute atomic E-state index is 12.7. The van der Waals surface area contributed by atoms with Gasteiger partial charge >= 0.3 is 12.2 Å². The third kappa shape index (κ3) is 3.47. The lowest BCUT2D eigenvalue weighted by Crippen LogP contribution is -2.34. The van der Waals surface area contributed by atoms with E-state index in [1.807, 2.05) is 0 Å². The minimum Gasteiger partial charge on any atom is -0.466 e. The molecule has 0 saturated carbocycles. The van der Waals surface area contributed by atoms with E-state index in [0.29, 0.717) is 12.3 Å². The standard InChI is InChI=1S/C15H13F3N2O2S/c16-15(17,18)10-3-1-4-11(9-10)19-14(21)20-6-8-23-13(20)12-5-2-7-22-12/h1-5,7,9,13H,6,8H2,(H,19,21)/t13-/m1/s1. The molecule has 1 saturated heterocycles. The number of hydrogen-bond acceptors (Lipinski definition) is 3. The van der Waals surface area contributed by atoms with Gasteiger partial charge in [-0.2, -0.15) is 13.2 Å². The number of rotatable bonds is 2. The van der Waals surface area contributed by atoms with Crippen molar-refractivity contribution in [3.05, 3.63) is 54.0 Å². The molecule has 23 heavy (non-hydrogen) atoms. The van der Waals surface area contributed by atoms with Gasteiger partial charge in [0.2, 0.25) is 0 Å². The maximum Gasteiger partial charge on any atom is 0.416 e. The summed E-state index contributed by atoms with van der Waals surface area (Å²) >= 11 is 1.55. The maximum atomic E-state index is 12.7. The number of thioether (sulfide) groups is 1. The number of anilines is 1. The van der Waals surface area contributed by atoms with Gasteiger partial charge in [0, 0.05) is 18.0 Å². The van der Waals surface area contributed by atoms with Crippen molar-refractivity contribution >= 4 is 23.5 Å². The SMILES string of the molecule is O=C(Nc1cccc(C(F)(F)F)c1)N1CCS[C@@H]1c1ccco1. The van der Waals surface area contributed by atoms with Gasteiger partial charge in [0.25, 0.3) is 0 Å². The van der Waals surface area contributed by atoms with E-state index >= 15 is 0 Å². The zero-order valence-electron chi connectivity index (χ0n) is 11.8. The number of nitrogens with one attached hydrogen (secondary N) is 1. The fourth-order valence-electron chi connectivity index (χ4n) is 2.31. The number of nitrogens with zero attached hydrogens (tertiary/aromatic N) is 1. The second kappa shape index (κ2) is 6.19. The molecule has 122 valence electrons. The summed E-state index contributed by atoms with van der Waals surface area (Å²) in [5.41, 5.74) is -0.686. The first-order chi connectivity index (χ1) is 10.9. The number of carbonyl (C=O) groups excluding carboxylic acids is 1. The van der Waals surface area contributed by atoms with Gasteiger partial charge in [-0.25, -0.2) is 4.79 Å². The highest BCUT2D eigenvalue weighted by molar-refractivity contribution is 7.99. The Morgan fingerprint density at radius 3 is 2.83 bits per heavy atom. The van der Waals surface area contributed by atoms with Crippen LogP contribution in [-0.2, 0) is 6.18 Å². The first kappa shape index (κ1) is 15.8. The lowest BCUT2D eigenvalue weighted by molar-refractivity contribution is -0.137. The first-order valence-electron chi connectivity index (χ1n) is 6.85. The number of benzene rings is 1. The quantitative estimate of drug-likeness (QED) is 0.869. The van der Waals surface area contributed by atoms with E-state index in [4.69, 9.17) is 4.42 Å². The normalized spacial score (nSPS) is 18.2. The van der Waals surface area contributed by atoms with Crippen LogP contribution in [0.2, 0.25) is 0 Å². The molecule has 1 aliphatic rings. The van der Waals surface area contributed by atoms with Gasteiger partial charge < -0.3 is 14.6 Å². The number of urea groups is 1. The highest BCUT2D eigenvalue weighted by atomic mass is 32.2. The molecule has 0 unspecified atom stereocenters. The van der Waals surface area contributed by atoms with Crippen LogP contribution in [0.5, 0.6) is 0 Å². The van der Waals surface area contributed by atoms with Gasteiger partial charge in [-0.05, 0) is 30.3 Å². The molecule has 4 nitrogen and oxygen atoms in total. The van der Waals surface area contributed by atoms with Crippen LogP contribution in [0.4, 0.5) is 23.7 Å². The number of carbonyl (C=O) groups is 1. The highest BCUT2D eigenvalue weighted by Gasteiger charge is 2.33. The zero-order valence-corrected chi connectivity index (χ0v) is 12.7. The Morgan fingerprint density at radius 1 is 1.30 bits per heavy atom. The molecule has 0 bridgehead atoms. The van der Waals surface area contributed by atoms with Crippen LogP contribution in [0, 0.1) is 0 Å². The average Bonchev–Trinajstić information content (AvgIpc) is 3.17. The van der Waals surface area contributed by atoms with Crippen LogP contribution in [0.15, 0.2) is 47.1 Å². The summed E-state index contributed by atoms with van der Waals surface area (Å²) < 4.78 is 43.5. The summed E-state index contributed by atoms with van der Waals surface area (Å²) in [4.78, 5) is 13.9. The summed E-state index contributed by atoms with van der Waals surface area (Å²) in [6.45, 7) is 0.501. The number of hydrogen-bond donors (Lipinski definition) is 1. The first-order valence-corrected chi connectivity index (χ1v) is 7.90. The molecule has 1 fully saturated rings. The molecule has 1 aliphatic heterocycles. The van der Waals surface area contributed by atoms with E-state index in [0.717, 1.165) is 17.9 Å². The molecule has 2 heterocycles. The van der Waals surface area contributed by atoms with E-state index in [1.165, 1.54) is 18.4 Å². The summed E-state index contributed by atoms with van der Waals surface area (Å²) in [7, 11) is 0. The van der Waals surface area contributed by atoms with Crippen LogP contribution in [0.3, 0.4) is 0 Å². The van der Waals surface area contributed by atoms with Crippen molar-refractivity contribution in [1.82, 2.24) is 4.90 Å². The molecule has 8 heteroatoms. The summed E-state index contributed by atoms with van der Waals surface area (Å²) in [6, 6.07) is 7.64. The second-order valence-corrected chi connectivity index (χ2v) is 6.13. The molecule has 3 rings (SSSR count). The van der Waals surface area contributed by atoms with Crippen molar-refractivity contribution in [3.63, 3.8) is 0 Å². The van der Waals surface area contributed by atoms with Crippen molar-refractivity contribution in [2.75, 3.05) is 17.6 Å². The smallest absolute Gasteiger partial charge is 0.416 e. The van der Waals surface area contributed by atoms with Crippen molar-refractivity contribution in [2.24, 2.45) is 0 Å². The third-order valence-corrected chi connectivity index (χ3v) is 4.60. The van der Waals surface area contributed by atoms with Crippen LogP contribution < -0.4 is 5.32 Å². The summed E-state index contributed by atoms with van der Waals surface area (Å²) in [6.07, 6.45) is -2.92. The molecular weight excluding hydrogens is 329 g/mol. The van der Waals surface area contributed by atoms with E-state index in [-0.39, 0.29) is 11.1 Å². The van der Waals surface area contributed by atoms with E-state index in [9.17, 15) is 18.0 Å². The van der Waals surface area contributed by atoms with Crippen LogP contribution >= 0.6 is 11.8 Å². The predicted molar refractivity (Wildman–Crippen MR) is 81.1 cm³/mol. The second-order valence-electron chi connectivity index (χ2n) is 4.94. The van der Waals surface area contributed by atoms with Crippen LogP contribution in [0.1, 0.15) is 16.7 Å². The largest absolute Gasteiger partial charge is 0.466 e. The fourth-order valence-corrected chi connectivity index (χ4v) is 3.52. The van der Waals surface area contributed by atoms with E-state index in [1.54, 1.807) is 28.8 Å². The third-order valence-electron chi connectivity index (χ3n) is 3.38. The highest BCUT2D eigenvalue weighted by Crippen LogP contribution is 2.38. The van der Waals surface area contributed by atoms with Gasteiger partial charge in [0.1, 0.15) is 11.1 Å². The Balaban J connectivity index is 1.74. The zero-order chi connectivity index (χ0) is 16.4. The lowest BCUT2D eigenvalue weighted by atomic mass is 10.2. The Morgan fingerprint density at radius 2 is 2.13 bits per heavy atom. The van der Waals surface area contributed by atoms with Crippen molar-refractivity contribution in [2.45, 2.75) is 11.6 Å².